The summed E-state index contributed by atoms with van der Waals surface area (Å²) in [6.07, 6.45) is 7.77. The highest BCUT2D eigenvalue weighted by molar-refractivity contribution is 5.01. The van der Waals surface area contributed by atoms with Crippen molar-refractivity contribution in [2.75, 3.05) is 0 Å². The fourth-order valence-electron chi connectivity index (χ4n) is 0.348. The van der Waals surface area contributed by atoms with Gasteiger partial charge in [-0.05, 0) is 0 Å². The molecule has 0 amide bonds. The van der Waals surface area contributed by atoms with E-state index < -0.39 is 12.2 Å². The van der Waals surface area contributed by atoms with Crippen molar-refractivity contribution in [3.05, 3.63) is 0 Å². The number of aliphatic hydroxyl groups excluding tert-OH is 2. The van der Waals surface area contributed by atoms with Crippen LogP contribution >= 0.6 is 0 Å². The molecule has 48 valence electrons. The highest BCUT2D eigenvalue weighted by atomic mass is 16.3. The van der Waals surface area contributed by atoms with E-state index in [1.807, 2.05) is 11.8 Å². The Morgan fingerprint density at radius 1 is 1.11 bits per heavy atom. The first kappa shape index (κ1) is 8.04. The second-order valence-electron chi connectivity index (χ2n) is 1.60. The molecule has 0 spiro atoms. The number of terminal acetylenes is 2. The summed E-state index contributed by atoms with van der Waals surface area (Å²) in [5.41, 5.74) is 0. The van der Waals surface area contributed by atoms with Crippen LogP contribution in [0.2, 0.25) is 0 Å². The quantitative estimate of drug-likeness (QED) is 0.481. The molecule has 0 fully saturated rings. The smallest absolute Gasteiger partial charge is 0.117 e. The Balaban J connectivity index is 3.53. The van der Waals surface area contributed by atoms with Crippen LogP contribution in [0.4, 0.5) is 0 Å². The first-order chi connectivity index (χ1) is 4.20. The second kappa shape index (κ2) is 3.97. The molecule has 2 unspecified atom stereocenters. The zero-order valence-corrected chi connectivity index (χ0v) is 4.91. The van der Waals surface area contributed by atoms with Crippen molar-refractivity contribution < 1.29 is 10.2 Å². The molecular formula is C7H8O2. The molecule has 0 saturated heterocycles. The van der Waals surface area contributed by atoms with Gasteiger partial charge < -0.3 is 10.2 Å². The third kappa shape index (κ3) is 3.61. The summed E-state index contributed by atoms with van der Waals surface area (Å²) in [6, 6.07) is 0. The molecule has 0 heterocycles. The summed E-state index contributed by atoms with van der Waals surface area (Å²) in [5.74, 6) is 4.06. The van der Waals surface area contributed by atoms with E-state index in [4.69, 9.17) is 23.1 Å². The van der Waals surface area contributed by atoms with Crippen molar-refractivity contribution in [1.29, 1.82) is 0 Å². The van der Waals surface area contributed by atoms with Crippen LogP contribution in [0, 0.1) is 24.7 Å². The van der Waals surface area contributed by atoms with E-state index in [1.54, 1.807) is 0 Å². The third-order valence-corrected chi connectivity index (χ3v) is 0.831. The van der Waals surface area contributed by atoms with Gasteiger partial charge in [-0.25, -0.2) is 0 Å². The van der Waals surface area contributed by atoms with E-state index in [2.05, 4.69) is 0 Å². The van der Waals surface area contributed by atoms with Crippen molar-refractivity contribution in [3.63, 3.8) is 0 Å². The van der Waals surface area contributed by atoms with Crippen molar-refractivity contribution in [2.24, 2.45) is 0 Å². The van der Waals surface area contributed by atoms with E-state index >= 15 is 0 Å². The summed E-state index contributed by atoms with van der Waals surface area (Å²) in [4.78, 5) is 0. The van der Waals surface area contributed by atoms with Gasteiger partial charge in [0.05, 0.1) is 0 Å². The topological polar surface area (TPSA) is 40.5 Å². The molecule has 0 aromatic heterocycles. The molecule has 2 heteroatoms. The van der Waals surface area contributed by atoms with Crippen LogP contribution in [0.5, 0.6) is 0 Å². The molecule has 9 heavy (non-hydrogen) atoms. The Bertz CT molecular complexity index is 131. The van der Waals surface area contributed by atoms with Crippen molar-refractivity contribution in [1.82, 2.24) is 0 Å². The first-order valence-electron chi connectivity index (χ1n) is 2.49. The van der Waals surface area contributed by atoms with E-state index in [-0.39, 0.29) is 6.42 Å². The lowest BCUT2D eigenvalue weighted by molar-refractivity contribution is 0.144. The van der Waals surface area contributed by atoms with Crippen LogP contribution in [-0.2, 0) is 0 Å². The van der Waals surface area contributed by atoms with E-state index in [1.165, 1.54) is 0 Å². The normalized spacial score (nSPS) is 15.1. The molecule has 0 radical (unpaired) electrons. The minimum Gasteiger partial charge on any atom is -0.380 e. The number of rotatable bonds is 2. The summed E-state index contributed by atoms with van der Waals surface area (Å²) in [5, 5.41) is 17.3. The zero-order valence-electron chi connectivity index (χ0n) is 4.91. The highest BCUT2D eigenvalue weighted by Gasteiger charge is 2.04. The van der Waals surface area contributed by atoms with Crippen molar-refractivity contribution in [3.8, 4) is 24.7 Å². The van der Waals surface area contributed by atoms with E-state index in [9.17, 15) is 0 Å². The molecule has 0 bridgehead atoms. The Morgan fingerprint density at radius 3 is 1.67 bits per heavy atom. The molecule has 0 aliphatic rings. The van der Waals surface area contributed by atoms with Crippen LogP contribution in [0.15, 0.2) is 0 Å². The van der Waals surface area contributed by atoms with Gasteiger partial charge in [0.15, 0.2) is 0 Å². The van der Waals surface area contributed by atoms with Crippen molar-refractivity contribution in [2.45, 2.75) is 18.6 Å². The molecule has 2 atom stereocenters. The van der Waals surface area contributed by atoms with Gasteiger partial charge in [0.2, 0.25) is 0 Å². The molecular weight excluding hydrogens is 116 g/mol. The molecule has 0 aliphatic heterocycles. The van der Waals surface area contributed by atoms with Crippen LogP contribution in [-0.4, -0.2) is 22.4 Å². The van der Waals surface area contributed by atoms with Gasteiger partial charge in [0.1, 0.15) is 12.2 Å². The maximum absolute atomic E-state index is 8.67. The maximum Gasteiger partial charge on any atom is 0.117 e. The third-order valence-electron chi connectivity index (χ3n) is 0.831. The monoisotopic (exact) mass is 124 g/mol. The molecule has 0 aliphatic carbocycles. The lowest BCUT2D eigenvalue weighted by Crippen LogP contribution is -2.13. The van der Waals surface area contributed by atoms with Gasteiger partial charge in [0.25, 0.3) is 0 Å². The van der Waals surface area contributed by atoms with Gasteiger partial charge in [-0.1, -0.05) is 11.8 Å². The van der Waals surface area contributed by atoms with Crippen LogP contribution in [0.1, 0.15) is 6.42 Å². The zero-order chi connectivity index (χ0) is 7.28. The summed E-state index contributed by atoms with van der Waals surface area (Å²) in [6.45, 7) is 0. The van der Waals surface area contributed by atoms with Gasteiger partial charge >= 0.3 is 0 Å². The average Bonchev–Trinajstić information content (AvgIpc) is 1.87. The Labute approximate surface area is 54.5 Å². The predicted octanol–water partition coefficient (Wildman–Crippen LogP) is -0.635. The fraction of sp³-hybridized carbons (Fsp3) is 0.429. The van der Waals surface area contributed by atoms with E-state index in [0.29, 0.717) is 0 Å². The lowest BCUT2D eigenvalue weighted by Gasteiger charge is -2.03. The number of hydrogen-bond acceptors (Lipinski definition) is 2. The Morgan fingerprint density at radius 2 is 1.44 bits per heavy atom. The average molecular weight is 124 g/mol. The fourth-order valence-corrected chi connectivity index (χ4v) is 0.348. The summed E-state index contributed by atoms with van der Waals surface area (Å²) < 4.78 is 0. The van der Waals surface area contributed by atoms with Crippen LogP contribution < -0.4 is 0 Å². The second-order valence-corrected chi connectivity index (χ2v) is 1.60. The van der Waals surface area contributed by atoms with Gasteiger partial charge in [0, 0.05) is 6.42 Å². The summed E-state index contributed by atoms with van der Waals surface area (Å²) >= 11 is 0. The Kier molecular flexibility index (Phi) is 3.55. The summed E-state index contributed by atoms with van der Waals surface area (Å²) in [7, 11) is 0. The molecule has 2 N–H and O–H groups in total. The van der Waals surface area contributed by atoms with Crippen LogP contribution in [0.3, 0.4) is 0 Å². The Hall–Kier alpha value is -0.960. The van der Waals surface area contributed by atoms with Gasteiger partial charge in [-0.2, -0.15) is 0 Å². The standard InChI is InChI=1S/C7H8O2/c1-3-6(8)5-7(9)4-2/h1-2,6-9H,5H2. The van der Waals surface area contributed by atoms with Gasteiger partial charge in [-0.3, -0.25) is 0 Å². The number of hydrogen-bond donors (Lipinski definition) is 2. The lowest BCUT2D eigenvalue weighted by atomic mass is 10.2. The molecule has 0 saturated carbocycles. The first-order valence-corrected chi connectivity index (χ1v) is 2.49. The molecule has 0 aromatic carbocycles. The van der Waals surface area contributed by atoms with Crippen LogP contribution in [0.25, 0.3) is 0 Å². The maximum atomic E-state index is 8.67. The molecule has 0 rings (SSSR count). The SMILES string of the molecule is C#CC(O)CC(O)C#C. The number of aliphatic hydroxyl groups is 2. The largest absolute Gasteiger partial charge is 0.380 e. The highest BCUT2D eigenvalue weighted by Crippen LogP contribution is 1.94. The minimum atomic E-state index is -0.934. The molecule has 0 aromatic rings. The minimum absolute atomic E-state index is 0.0486. The predicted molar refractivity (Wildman–Crippen MR) is 34.3 cm³/mol. The van der Waals surface area contributed by atoms with Crippen molar-refractivity contribution >= 4 is 0 Å². The van der Waals surface area contributed by atoms with E-state index in [0.717, 1.165) is 0 Å². The molecule has 2 nitrogen and oxygen atoms in total. The van der Waals surface area contributed by atoms with Gasteiger partial charge in [-0.15, -0.1) is 12.8 Å².